The zero-order valence-corrected chi connectivity index (χ0v) is 12.6. The van der Waals surface area contributed by atoms with E-state index in [1.165, 1.54) is 17.7 Å². The lowest BCUT2D eigenvalue weighted by Gasteiger charge is -2.16. The second kappa shape index (κ2) is 8.13. The van der Waals surface area contributed by atoms with Crippen LogP contribution in [0.2, 0.25) is 5.02 Å². The predicted molar refractivity (Wildman–Crippen MR) is 85.6 cm³/mol. The van der Waals surface area contributed by atoms with Crippen molar-refractivity contribution in [2.24, 2.45) is 5.84 Å². The number of nitrogens with one attached hydrogen (secondary N) is 1. The Balaban J connectivity index is 1.85. The topological polar surface area (TPSA) is 38.0 Å². The maximum atomic E-state index is 13.0. The third-order valence-electron chi connectivity index (χ3n) is 3.58. The van der Waals surface area contributed by atoms with E-state index in [1.54, 1.807) is 6.07 Å². The molecule has 3 N–H and O–H groups in total. The molecular weight excluding hydrogens is 287 g/mol. The summed E-state index contributed by atoms with van der Waals surface area (Å²) in [4.78, 5) is 0. The summed E-state index contributed by atoms with van der Waals surface area (Å²) in [5.74, 6) is 5.30. The second-order valence-electron chi connectivity index (χ2n) is 5.18. The molecule has 0 aliphatic carbocycles. The SMILES string of the molecule is NNC(CCCc1ccccc1)Cc1ccc(F)cc1Cl. The normalized spacial score (nSPS) is 12.3. The van der Waals surface area contributed by atoms with Crippen LogP contribution in [-0.4, -0.2) is 6.04 Å². The minimum atomic E-state index is -0.315. The van der Waals surface area contributed by atoms with E-state index < -0.39 is 0 Å². The van der Waals surface area contributed by atoms with Gasteiger partial charge in [-0.1, -0.05) is 48.0 Å². The Morgan fingerprint density at radius 1 is 1.14 bits per heavy atom. The van der Waals surface area contributed by atoms with E-state index in [0.29, 0.717) is 11.4 Å². The van der Waals surface area contributed by atoms with Crippen LogP contribution in [0.4, 0.5) is 4.39 Å². The van der Waals surface area contributed by atoms with E-state index in [0.717, 1.165) is 24.8 Å². The van der Waals surface area contributed by atoms with Gasteiger partial charge in [0, 0.05) is 11.1 Å². The van der Waals surface area contributed by atoms with Gasteiger partial charge in [-0.15, -0.1) is 0 Å². The second-order valence-corrected chi connectivity index (χ2v) is 5.59. The van der Waals surface area contributed by atoms with Gasteiger partial charge in [0.1, 0.15) is 5.82 Å². The highest BCUT2D eigenvalue weighted by Gasteiger charge is 2.11. The quantitative estimate of drug-likeness (QED) is 0.602. The zero-order valence-electron chi connectivity index (χ0n) is 11.9. The number of rotatable bonds is 7. The van der Waals surface area contributed by atoms with E-state index in [4.69, 9.17) is 17.4 Å². The summed E-state index contributed by atoms with van der Waals surface area (Å²) in [5, 5.41) is 0.457. The van der Waals surface area contributed by atoms with Gasteiger partial charge in [0.15, 0.2) is 0 Å². The van der Waals surface area contributed by atoms with Crippen LogP contribution in [0.15, 0.2) is 48.5 Å². The average Bonchev–Trinajstić information content (AvgIpc) is 2.49. The maximum absolute atomic E-state index is 13.0. The standard InChI is InChI=1S/C17H20ClFN2/c18-17-12-15(19)10-9-14(17)11-16(21-20)8-4-7-13-5-2-1-3-6-13/h1-3,5-6,9-10,12,16,21H,4,7-8,11,20H2. The van der Waals surface area contributed by atoms with Crippen LogP contribution in [0.3, 0.4) is 0 Å². The lowest BCUT2D eigenvalue weighted by atomic mass is 9.99. The Hall–Kier alpha value is -1.42. The third kappa shape index (κ3) is 5.12. The van der Waals surface area contributed by atoms with Crippen molar-refractivity contribution in [1.29, 1.82) is 0 Å². The van der Waals surface area contributed by atoms with Crippen LogP contribution < -0.4 is 11.3 Å². The molecule has 0 heterocycles. The van der Waals surface area contributed by atoms with Crippen LogP contribution in [0, 0.1) is 5.82 Å². The van der Waals surface area contributed by atoms with Crippen molar-refractivity contribution >= 4 is 11.6 Å². The van der Waals surface area contributed by atoms with Crippen LogP contribution in [-0.2, 0) is 12.8 Å². The first kappa shape index (κ1) is 16.0. The molecule has 0 saturated carbocycles. The van der Waals surface area contributed by atoms with Crippen molar-refractivity contribution in [2.45, 2.75) is 31.7 Å². The van der Waals surface area contributed by atoms with Crippen LogP contribution >= 0.6 is 11.6 Å². The molecule has 4 heteroatoms. The van der Waals surface area contributed by atoms with Crippen molar-refractivity contribution in [1.82, 2.24) is 5.43 Å². The van der Waals surface area contributed by atoms with E-state index in [9.17, 15) is 4.39 Å². The van der Waals surface area contributed by atoms with E-state index >= 15 is 0 Å². The lowest BCUT2D eigenvalue weighted by molar-refractivity contribution is 0.476. The molecular formula is C17H20ClFN2. The third-order valence-corrected chi connectivity index (χ3v) is 3.93. The monoisotopic (exact) mass is 306 g/mol. The van der Waals surface area contributed by atoms with Crippen molar-refractivity contribution in [3.05, 3.63) is 70.5 Å². The van der Waals surface area contributed by atoms with Gasteiger partial charge in [-0.25, -0.2) is 4.39 Å². The fourth-order valence-corrected chi connectivity index (χ4v) is 2.64. The minimum Gasteiger partial charge on any atom is -0.271 e. The highest BCUT2D eigenvalue weighted by molar-refractivity contribution is 6.31. The fraction of sp³-hybridized carbons (Fsp3) is 0.294. The smallest absolute Gasteiger partial charge is 0.124 e. The number of nitrogens with two attached hydrogens (primary N) is 1. The van der Waals surface area contributed by atoms with Crippen molar-refractivity contribution in [3.8, 4) is 0 Å². The molecule has 2 aromatic carbocycles. The summed E-state index contributed by atoms with van der Waals surface area (Å²) in [6.45, 7) is 0. The predicted octanol–water partition coefficient (Wildman–Crippen LogP) is 3.88. The number of hydrogen-bond donors (Lipinski definition) is 2. The van der Waals surface area contributed by atoms with Crippen molar-refractivity contribution in [3.63, 3.8) is 0 Å². The molecule has 0 spiro atoms. The first-order valence-corrected chi connectivity index (χ1v) is 7.51. The zero-order chi connectivity index (χ0) is 15.1. The number of aryl methyl sites for hydroxylation is 1. The lowest BCUT2D eigenvalue weighted by Crippen LogP contribution is -2.36. The summed E-state index contributed by atoms with van der Waals surface area (Å²) in [5.41, 5.74) is 5.07. The van der Waals surface area contributed by atoms with Gasteiger partial charge in [-0.2, -0.15) is 0 Å². The van der Waals surface area contributed by atoms with Gasteiger partial charge in [-0.05, 0) is 48.9 Å². The number of halogens is 2. The molecule has 0 aromatic heterocycles. The number of benzene rings is 2. The number of hydrazine groups is 1. The molecule has 21 heavy (non-hydrogen) atoms. The summed E-state index contributed by atoms with van der Waals surface area (Å²) < 4.78 is 13.0. The molecule has 0 fully saturated rings. The first-order chi connectivity index (χ1) is 10.2. The molecule has 0 saturated heterocycles. The van der Waals surface area contributed by atoms with Gasteiger partial charge in [0.2, 0.25) is 0 Å². The fourth-order valence-electron chi connectivity index (χ4n) is 2.39. The van der Waals surface area contributed by atoms with Gasteiger partial charge in [-0.3, -0.25) is 11.3 Å². The van der Waals surface area contributed by atoms with Crippen molar-refractivity contribution in [2.75, 3.05) is 0 Å². The van der Waals surface area contributed by atoms with Crippen molar-refractivity contribution < 1.29 is 4.39 Å². The molecule has 1 atom stereocenters. The highest BCUT2D eigenvalue weighted by Crippen LogP contribution is 2.20. The van der Waals surface area contributed by atoms with Crippen LogP contribution in [0.25, 0.3) is 0 Å². The summed E-state index contributed by atoms with van der Waals surface area (Å²) in [7, 11) is 0. The minimum absolute atomic E-state index is 0.136. The van der Waals surface area contributed by atoms with E-state index in [-0.39, 0.29) is 11.9 Å². The molecule has 2 nitrogen and oxygen atoms in total. The Bertz CT molecular complexity index is 560. The number of hydrogen-bond acceptors (Lipinski definition) is 2. The van der Waals surface area contributed by atoms with Gasteiger partial charge in [0.25, 0.3) is 0 Å². The molecule has 0 amide bonds. The van der Waals surface area contributed by atoms with Gasteiger partial charge >= 0.3 is 0 Å². The van der Waals surface area contributed by atoms with Gasteiger partial charge < -0.3 is 0 Å². The Labute approximate surface area is 130 Å². The molecule has 0 aliphatic heterocycles. The Morgan fingerprint density at radius 2 is 1.90 bits per heavy atom. The Kier molecular flexibility index (Phi) is 6.18. The van der Waals surface area contributed by atoms with E-state index in [2.05, 4.69) is 17.6 Å². The first-order valence-electron chi connectivity index (χ1n) is 7.13. The van der Waals surface area contributed by atoms with E-state index in [1.807, 2.05) is 18.2 Å². The summed E-state index contributed by atoms with van der Waals surface area (Å²) in [6.07, 6.45) is 3.71. The largest absolute Gasteiger partial charge is 0.271 e. The molecule has 1 unspecified atom stereocenters. The average molecular weight is 307 g/mol. The Morgan fingerprint density at radius 3 is 2.57 bits per heavy atom. The van der Waals surface area contributed by atoms with Gasteiger partial charge in [0.05, 0.1) is 0 Å². The summed E-state index contributed by atoms with van der Waals surface area (Å²) in [6, 6.07) is 15.0. The molecule has 0 radical (unpaired) electrons. The highest BCUT2D eigenvalue weighted by atomic mass is 35.5. The summed E-state index contributed by atoms with van der Waals surface area (Å²) >= 11 is 6.05. The molecule has 0 bridgehead atoms. The molecule has 2 rings (SSSR count). The molecule has 112 valence electrons. The van der Waals surface area contributed by atoms with Crippen LogP contribution in [0.1, 0.15) is 24.0 Å². The maximum Gasteiger partial charge on any atom is 0.124 e. The van der Waals surface area contributed by atoms with Crippen LogP contribution in [0.5, 0.6) is 0 Å². The molecule has 2 aromatic rings. The molecule has 0 aliphatic rings.